The van der Waals surface area contributed by atoms with E-state index in [1.807, 2.05) is 0 Å². The Kier molecular flexibility index (Phi) is 5.58. The highest BCUT2D eigenvalue weighted by Crippen LogP contribution is 2.30. The first kappa shape index (κ1) is 17.7. The van der Waals surface area contributed by atoms with E-state index < -0.39 is 6.09 Å². The molecule has 0 radical (unpaired) electrons. The zero-order valence-electron chi connectivity index (χ0n) is 13.2. The van der Waals surface area contributed by atoms with Gasteiger partial charge in [-0.1, -0.05) is 41.4 Å². The number of ether oxygens (including phenoxy) is 2. The van der Waals surface area contributed by atoms with E-state index in [0.29, 0.717) is 36.9 Å². The van der Waals surface area contributed by atoms with Crippen LogP contribution in [0.2, 0.25) is 10.0 Å². The highest BCUT2D eigenvalue weighted by atomic mass is 35.5. The Bertz CT molecular complexity index is 803. The third-order valence-electron chi connectivity index (χ3n) is 3.76. The predicted molar refractivity (Wildman–Crippen MR) is 94.8 cm³/mol. The van der Waals surface area contributed by atoms with E-state index in [1.165, 1.54) is 4.90 Å². The normalized spacial score (nSPS) is 14.2. The third-order valence-corrected chi connectivity index (χ3v) is 4.39. The summed E-state index contributed by atoms with van der Waals surface area (Å²) in [6, 6.07) is 11.3. The molecule has 0 atom stereocenters. The van der Waals surface area contributed by atoms with E-state index in [0.717, 1.165) is 0 Å². The molecule has 2 aromatic carbocycles. The van der Waals surface area contributed by atoms with Crippen molar-refractivity contribution >= 4 is 35.1 Å². The molecular formula is C18H15Cl2NO4. The van der Waals surface area contributed by atoms with Crippen LogP contribution in [0.4, 0.5) is 4.79 Å². The predicted octanol–water partition coefficient (Wildman–Crippen LogP) is 4.06. The molecule has 1 saturated heterocycles. The summed E-state index contributed by atoms with van der Waals surface area (Å²) in [5.74, 6) is -0.150. The van der Waals surface area contributed by atoms with Crippen LogP contribution in [0.3, 0.4) is 0 Å². The molecule has 0 N–H and O–H groups in total. The van der Waals surface area contributed by atoms with Crippen LogP contribution in [-0.2, 0) is 4.74 Å². The van der Waals surface area contributed by atoms with Crippen molar-refractivity contribution in [3.05, 3.63) is 63.6 Å². The van der Waals surface area contributed by atoms with Crippen LogP contribution in [0.5, 0.6) is 5.75 Å². The third kappa shape index (κ3) is 4.12. The zero-order chi connectivity index (χ0) is 17.8. The average Bonchev–Trinajstić information content (AvgIpc) is 2.63. The number of hydrogen-bond acceptors (Lipinski definition) is 4. The summed E-state index contributed by atoms with van der Waals surface area (Å²) in [5, 5.41) is 0.547. The maximum absolute atomic E-state index is 12.6. The average molecular weight is 380 g/mol. The lowest BCUT2D eigenvalue weighted by atomic mass is 10.0. The molecule has 0 aromatic heterocycles. The van der Waals surface area contributed by atoms with E-state index >= 15 is 0 Å². The molecule has 25 heavy (non-hydrogen) atoms. The highest BCUT2D eigenvalue weighted by molar-refractivity contribution is 6.36. The Morgan fingerprint density at radius 1 is 1.04 bits per heavy atom. The first-order valence-electron chi connectivity index (χ1n) is 7.69. The molecule has 1 fully saturated rings. The second-order valence-corrected chi connectivity index (χ2v) is 6.24. The van der Waals surface area contributed by atoms with Gasteiger partial charge in [0.1, 0.15) is 0 Å². The largest absolute Gasteiger partial charge is 0.415 e. The Morgan fingerprint density at radius 3 is 2.48 bits per heavy atom. The molecule has 7 heteroatoms. The Labute approximate surface area is 155 Å². The van der Waals surface area contributed by atoms with Crippen molar-refractivity contribution in [2.75, 3.05) is 26.3 Å². The first-order valence-corrected chi connectivity index (χ1v) is 8.45. The second kappa shape index (κ2) is 7.87. The van der Waals surface area contributed by atoms with Gasteiger partial charge in [-0.15, -0.1) is 0 Å². The fourth-order valence-electron chi connectivity index (χ4n) is 2.45. The van der Waals surface area contributed by atoms with Crippen molar-refractivity contribution in [2.24, 2.45) is 0 Å². The van der Waals surface area contributed by atoms with Gasteiger partial charge in [-0.25, -0.2) is 4.79 Å². The van der Waals surface area contributed by atoms with Crippen LogP contribution < -0.4 is 4.74 Å². The van der Waals surface area contributed by atoms with Gasteiger partial charge in [-0.3, -0.25) is 4.79 Å². The Balaban J connectivity index is 1.82. The summed E-state index contributed by atoms with van der Waals surface area (Å²) in [6.45, 7) is 1.85. The Morgan fingerprint density at radius 2 is 1.76 bits per heavy atom. The van der Waals surface area contributed by atoms with Gasteiger partial charge in [0.05, 0.1) is 18.2 Å². The van der Waals surface area contributed by atoms with Crippen LogP contribution in [0.1, 0.15) is 15.9 Å². The summed E-state index contributed by atoms with van der Waals surface area (Å²) in [5.41, 5.74) is 0.655. The van der Waals surface area contributed by atoms with Gasteiger partial charge in [0, 0.05) is 29.2 Å². The monoisotopic (exact) mass is 379 g/mol. The molecule has 3 rings (SSSR count). The van der Waals surface area contributed by atoms with Crippen molar-refractivity contribution < 1.29 is 19.1 Å². The van der Waals surface area contributed by atoms with Gasteiger partial charge >= 0.3 is 6.09 Å². The highest BCUT2D eigenvalue weighted by Gasteiger charge is 2.22. The minimum absolute atomic E-state index is 0.0917. The van der Waals surface area contributed by atoms with Crippen molar-refractivity contribution in [3.8, 4) is 5.75 Å². The number of halogens is 2. The SMILES string of the molecule is O=C(c1cccc(Cl)c1)c1cccc(OC(=O)N2CCOCC2)c1Cl. The minimum atomic E-state index is -0.516. The molecular weight excluding hydrogens is 365 g/mol. The minimum Gasteiger partial charge on any atom is -0.409 e. The summed E-state index contributed by atoms with van der Waals surface area (Å²) < 4.78 is 10.6. The maximum atomic E-state index is 12.6. The summed E-state index contributed by atoms with van der Waals surface area (Å²) >= 11 is 12.2. The van der Waals surface area contributed by atoms with Gasteiger partial charge in [-0.05, 0) is 24.3 Å². The van der Waals surface area contributed by atoms with Gasteiger partial charge in [-0.2, -0.15) is 0 Å². The maximum Gasteiger partial charge on any atom is 0.415 e. The van der Waals surface area contributed by atoms with Gasteiger partial charge < -0.3 is 14.4 Å². The van der Waals surface area contributed by atoms with Crippen LogP contribution in [-0.4, -0.2) is 43.1 Å². The van der Waals surface area contributed by atoms with Crippen LogP contribution in [0, 0.1) is 0 Å². The first-order chi connectivity index (χ1) is 12.1. The number of carbonyl (C=O) groups is 2. The fourth-order valence-corrected chi connectivity index (χ4v) is 2.90. The molecule has 1 aliphatic heterocycles. The lowest BCUT2D eigenvalue weighted by Gasteiger charge is -2.26. The van der Waals surface area contributed by atoms with E-state index in [2.05, 4.69) is 0 Å². The molecule has 0 bridgehead atoms. The number of benzene rings is 2. The molecule has 0 aliphatic carbocycles. The number of ketones is 1. The lowest BCUT2D eigenvalue weighted by Crippen LogP contribution is -2.42. The number of carbonyl (C=O) groups excluding carboxylic acids is 2. The van der Waals surface area contributed by atoms with E-state index in [1.54, 1.807) is 42.5 Å². The molecule has 0 unspecified atom stereocenters. The molecule has 0 saturated carbocycles. The molecule has 0 spiro atoms. The number of nitrogens with zero attached hydrogens (tertiary/aromatic N) is 1. The summed E-state index contributed by atoms with van der Waals surface area (Å²) in [6.07, 6.45) is -0.516. The number of rotatable bonds is 3. The smallest absolute Gasteiger partial charge is 0.409 e. The molecule has 5 nitrogen and oxygen atoms in total. The van der Waals surface area contributed by atoms with E-state index in [-0.39, 0.29) is 22.1 Å². The van der Waals surface area contributed by atoms with Crippen molar-refractivity contribution in [1.82, 2.24) is 4.90 Å². The number of amides is 1. The number of hydrogen-bond donors (Lipinski definition) is 0. The van der Waals surface area contributed by atoms with E-state index in [9.17, 15) is 9.59 Å². The van der Waals surface area contributed by atoms with E-state index in [4.69, 9.17) is 32.7 Å². The van der Waals surface area contributed by atoms with Crippen LogP contribution in [0.25, 0.3) is 0 Å². The van der Waals surface area contributed by atoms with Crippen molar-refractivity contribution in [3.63, 3.8) is 0 Å². The summed E-state index contributed by atoms with van der Waals surface area (Å²) in [4.78, 5) is 26.4. The van der Waals surface area contributed by atoms with Crippen LogP contribution in [0.15, 0.2) is 42.5 Å². The van der Waals surface area contributed by atoms with Gasteiger partial charge in [0.2, 0.25) is 0 Å². The molecule has 2 aromatic rings. The topological polar surface area (TPSA) is 55.8 Å². The Hall–Kier alpha value is -2.08. The molecule has 130 valence electrons. The fraction of sp³-hybridized carbons (Fsp3) is 0.222. The standard InChI is InChI=1S/C18H15Cl2NO4/c19-13-4-1-3-12(11-13)17(22)14-5-2-6-15(16(14)20)25-18(23)21-7-9-24-10-8-21/h1-6,11H,7-10H2. The molecule has 1 amide bonds. The quantitative estimate of drug-likeness (QED) is 0.754. The van der Waals surface area contributed by atoms with Crippen molar-refractivity contribution in [2.45, 2.75) is 0 Å². The molecule has 1 aliphatic rings. The van der Waals surface area contributed by atoms with Gasteiger partial charge in [0.25, 0.3) is 0 Å². The van der Waals surface area contributed by atoms with Crippen molar-refractivity contribution in [1.29, 1.82) is 0 Å². The second-order valence-electron chi connectivity index (χ2n) is 5.42. The lowest BCUT2D eigenvalue weighted by molar-refractivity contribution is 0.0416. The molecule has 1 heterocycles. The summed E-state index contributed by atoms with van der Waals surface area (Å²) in [7, 11) is 0. The zero-order valence-corrected chi connectivity index (χ0v) is 14.7. The van der Waals surface area contributed by atoms with Gasteiger partial charge in [0.15, 0.2) is 11.5 Å². The number of morpholine rings is 1. The van der Waals surface area contributed by atoms with Crippen LogP contribution >= 0.6 is 23.2 Å².